The van der Waals surface area contributed by atoms with Gasteiger partial charge in [0.2, 0.25) is 0 Å². The number of hydrogen-bond donors (Lipinski definition) is 3. The van der Waals surface area contributed by atoms with E-state index in [1.165, 1.54) is 41.0 Å². The standard InChI is InChI=1S/C22H28O5S/c1-26-18-7-6-13(19-11-17(24)22(25)20(12-23)27-19)8-15(18)10-16-9-14-4-2-3-5-21(14)28-16/h6-9,17,19-20,22-25H,2-5,10-12H2,1H3/t17?,19?,20?,22-/m0/s1. The van der Waals surface area contributed by atoms with Gasteiger partial charge in [-0.25, -0.2) is 0 Å². The molecule has 28 heavy (non-hydrogen) atoms. The third-order valence-electron chi connectivity index (χ3n) is 5.84. The molecule has 6 heteroatoms. The number of benzene rings is 1. The van der Waals surface area contributed by atoms with Gasteiger partial charge in [0, 0.05) is 22.6 Å². The summed E-state index contributed by atoms with van der Waals surface area (Å²) in [5.41, 5.74) is 3.52. The summed E-state index contributed by atoms with van der Waals surface area (Å²) in [6, 6.07) is 8.28. The van der Waals surface area contributed by atoms with Crippen molar-refractivity contribution in [3.63, 3.8) is 0 Å². The molecule has 152 valence electrons. The van der Waals surface area contributed by atoms with Crippen LogP contribution in [0, 0.1) is 0 Å². The van der Waals surface area contributed by atoms with Crippen molar-refractivity contribution in [2.24, 2.45) is 0 Å². The monoisotopic (exact) mass is 404 g/mol. The van der Waals surface area contributed by atoms with E-state index < -0.39 is 18.3 Å². The van der Waals surface area contributed by atoms with Gasteiger partial charge in [0.15, 0.2) is 0 Å². The lowest BCUT2D eigenvalue weighted by Gasteiger charge is -2.36. The molecule has 0 bridgehead atoms. The van der Waals surface area contributed by atoms with Crippen LogP contribution >= 0.6 is 11.3 Å². The highest BCUT2D eigenvalue weighted by atomic mass is 32.1. The molecule has 1 saturated heterocycles. The van der Waals surface area contributed by atoms with Crippen molar-refractivity contribution in [3.05, 3.63) is 50.7 Å². The van der Waals surface area contributed by atoms with Crippen LogP contribution in [0.15, 0.2) is 24.3 Å². The number of hydrogen-bond acceptors (Lipinski definition) is 6. The van der Waals surface area contributed by atoms with Crippen molar-refractivity contribution in [3.8, 4) is 5.75 Å². The van der Waals surface area contributed by atoms with Crippen LogP contribution in [0.5, 0.6) is 5.75 Å². The fraction of sp³-hybridized carbons (Fsp3) is 0.545. The zero-order valence-electron chi connectivity index (χ0n) is 16.1. The quantitative estimate of drug-likeness (QED) is 0.714. The third kappa shape index (κ3) is 3.98. The molecule has 0 amide bonds. The van der Waals surface area contributed by atoms with Crippen molar-refractivity contribution in [2.45, 2.75) is 62.9 Å². The molecule has 1 aliphatic heterocycles. The first-order chi connectivity index (χ1) is 13.6. The van der Waals surface area contributed by atoms with Gasteiger partial charge < -0.3 is 24.8 Å². The van der Waals surface area contributed by atoms with Gasteiger partial charge in [0.1, 0.15) is 18.0 Å². The number of aliphatic hydroxyl groups is 3. The van der Waals surface area contributed by atoms with E-state index in [9.17, 15) is 15.3 Å². The molecule has 0 saturated carbocycles. The molecule has 1 aromatic carbocycles. The summed E-state index contributed by atoms with van der Waals surface area (Å²) in [5, 5.41) is 29.5. The zero-order valence-corrected chi connectivity index (χ0v) is 17.0. The van der Waals surface area contributed by atoms with Gasteiger partial charge in [-0.05, 0) is 60.6 Å². The van der Waals surface area contributed by atoms with Crippen LogP contribution in [0.25, 0.3) is 0 Å². The van der Waals surface area contributed by atoms with Crippen molar-refractivity contribution in [2.75, 3.05) is 13.7 Å². The molecule has 1 fully saturated rings. The largest absolute Gasteiger partial charge is 0.496 e. The molecule has 0 radical (unpaired) electrons. The van der Waals surface area contributed by atoms with Crippen LogP contribution in [0.1, 0.15) is 51.8 Å². The first kappa shape index (κ1) is 19.9. The first-order valence-corrected chi connectivity index (χ1v) is 10.8. The number of ether oxygens (including phenoxy) is 2. The summed E-state index contributed by atoms with van der Waals surface area (Å²) < 4.78 is 11.4. The molecule has 5 nitrogen and oxygen atoms in total. The Morgan fingerprint density at radius 3 is 2.75 bits per heavy atom. The van der Waals surface area contributed by atoms with Gasteiger partial charge in [-0.1, -0.05) is 6.07 Å². The van der Waals surface area contributed by atoms with Crippen molar-refractivity contribution in [1.29, 1.82) is 0 Å². The Labute approximate surface area is 169 Å². The first-order valence-electron chi connectivity index (χ1n) is 9.98. The molecule has 4 atom stereocenters. The molecule has 3 unspecified atom stereocenters. The number of fused-ring (bicyclic) bond motifs is 1. The molecule has 2 heterocycles. The topological polar surface area (TPSA) is 79.2 Å². The maximum atomic E-state index is 10.1. The summed E-state index contributed by atoms with van der Waals surface area (Å²) in [6.45, 7) is -0.321. The lowest BCUT2D eigenvalue weighted by atomic mass is 9.92. The second kappa shape index (κ2) is 8.51. The summed E-state index contributed by atoms with van der Waals surface area (Å²) in [4.78, 5) is 2.87. The number of thiophene rings is 1. The van der Waals surface area contributed by atoms with E-state index in [1.54, 1.807) is 7.11 Å². The molecule has 2 aromatic rings. The number of rotatable bonds is 5. The van der Waals surface area contributed by atoms with Crippen LogP contribution in [-0.2, 0) is 24.0 Å². The van der Waals surface area contributed by atoms with Crippen molar-refractivity contribution < 1.29 is 24.8 Å². The van der Waals surface area contributed by atoms with E-state index >= 15 is 0 Å². The lowest BCUT2D eigenvalue weighted by molar-refractivity contribution is -0.181. The van der Waals surface area contributed by atoms with Gasteiger partial charge in [-0.2, -0.15) is 0 Å². The van der Waals surface area contributed by atoms with Gasteiger partial charge in [-0.15, -0.1) is 11.3 Å². The van der Waals surface area contributed by atoms with Crippen molar-refractivity contribution >= 4 is 11.3 Å². The molecule has 2 aliphatic rings. The van der Waals surface area contributed by atoms with Crippen molar-refractivity contribution in [1.82, 2.24) is 0 Å². The van der Waals surface area contributed by atoms with Gasteiger partial charge in [-0.3, -0.25) is 0 Å². The third-order valence-corrected chi connectivity index (χ3v) is 7.08. The fourth-order valence-electron chi connectivity index (χ4n) is 4.28. The fourth-order valence-corrected chi connectivity index (χ4v) is 5.57. The van der Waals surface area contributed by atoms with E-state index in [2.05, 4.69) is 12.1 Å². The predicted octanol–water partition coefficient (Wildman–Crippen LogP) is 2.77. The maximum Gasteiger partial charge on any atom is 0.122 e. The average molecular weight is 405 g/mol. The number of aliphatic hydroxyl groups excluding tert-OH is 3. The molecule has 4 rings (SSSR count). The van der Waals surface area contributed by atoms with E-state index in [0.717, 1.165) is 23.3 Å². The molecular formula is C22H28O5S. The SMILES string of the molecule is COc1ccc(C2CC(O)[C@H](O)C(CO)O2)cc1Cc1cc2c(s1)CCCC2. The van der Waals surface area contributed by atoms with E-state index in [4.69, 9.17) is 9.47 Å². The normalized spacial score (nSPS) is 27.4. The van der Waals surface area contributed by atoms with E-state index in [0.29, 0.717) is 6.42 Å². The summed E-state index contributed by atoms with van der Waals surface area (Å²) in [6.07, 6.45) is 2.93. The smallest absolute Gasteiger partial charge is 0.122 e. The highest BCUT2D eigenvalue weighted by Crippen LogP contribution is 2.36. The number of methoxy groups -OCH3 is 1. The molecule has 1 aromatic heterocycles. The van der Waals surface area contributed by atoms with Crippen LogP contribution in [-0.4, -0.2) is 47.3 Å². The minimum absolute atomic E-state index is 0.302. The molecule has 1 aliphatic carbocycles. The Kier molecular flexibility index (Phi) is 6.04. The Bertz CT molecular complexity index is 794. The summed E-state index contributed by atoms with van der Waals surface area (Å²) in [7, 11) is 1.68. The Balaban J connectivity index is 1.58. The lowest BCUT2D eigenvalue weighted by Crippen LogP contribution is -2.47. The Morgan fingerprint density at radius 1 is 1.18 bits per heavy atom. The zero-order chi connectivity index (χ0) is 19.7. The van der Waals surface area contributed by atoms with Crippen LogP contribution in [0.2, 0.25) is 0 Å². The average Bonchev–Trinajstić information content (AvgIpc) is 3.12. The summed E-state index contributed by atoms with van der Waals surface area (Å²) >= 11 is 1.90. The Hall–Kier alpha value is -1.44. The number of aryl methyl sites for hydroxylation is 2. The van der Waals surface area contributed by atoms with E-state index in [-0.39, 0.29) is 12.7 Å². The minimum Gasteiger partial charge on any atom is -0.496 e. The Morgan fingerprint density at radius 2 is 2.00 bits per heavy atom. The van der Waals surface area contributed by atoms with Gasteiger partial charge in [0.25, 0.3) is 0 Å². The predicted molar refractivity (Wildman–Crippen MR) is 108 cm³/mol. The highest BCUT2D eigenvalue weighted by Gasteiger charge is 2.37. The van der Waals surface area contributed by atoms with Crippen LogP contribution < -0.4 is 4.74 Å². The highest BCUT2D eigenvalue weighted by molar-refractivity contribution is 7.12. The second-order valence-electron chi connectivity index (χ2n) is 7.76. The molecule has 0 spiro atoms. The van der Waals surface area contributed by atoms with E-state index in [1.807, 2.05) is 23.5 Å². The van der Waals surface area contributed by atoms with Gasteiger partial charge in [0.05, 0.1) is 25.9 Å². The summed E-state index contributed by atoms with van der Waals surface area (Å²) in [5.74, 6) is 0.838. The molecule has 3 N–H and O–H groups in total. The minimum atomic E-state index is -1.06. The second-order valence-corrected chi connectivity index (χ2v) is 8.98. The van der Waals surface area contributed by atoms with Crippen LogP contribution in [0.4, 0.5) is 0 Å². The molecular weight excluding hydrogens is 376 g/mol. The maximum absolute atomic E-state index is 10.1. The van der Waals surface area contributed by atoms with Crippen LogP contribution in [0.3, 0.4) is 0 Å². The van der Waals surface area contributed by atoms with Gasteiger partial charge >= 0.3 is 0 Å².